The second-order valence-corrected chi connectivity index (χ2v) is 7.42. The first-order valence-corrected chi connectivity index (χ1v) is 9.15. The van der Waals surface area contributed by atoms with E-state index in [0.717, 1.165) is 6.92 Å². The third-order valence-electron chi connectivity index (χ3n) is 4.67. The second-order valence-electron chi connectivity index (χ2n) is 7.42. The molecule has 1 aliphatic heterocycles. The van der Waals surface area contributed by atoms with Crippen LogP contribution in [-0.4, -0.2) is 85.6 Å². The summed E-state index contributed by atoms with van der Waals surface area (Å²) in [5.74, 6) is -39.0. The van der Waals surface area contributed by atoms with Crippen molar-refractivity contribution >= 4 is 5.97 Å². The summed E-state index contributed by atoms with van der Waals surface area (Å²) >= 11 is 0. The Hall–Kier alpha value is -1.78. The van der Waals surface area contributed by atoms with Gasteiger partial charge in [0.2, 0.25) is 0 Å². The van der Waals surface area contributed by atoms with Crippen molar-refractivity contribution < 1.29 is 71.3 Å². The first-order chi connectivity index (χ1) is 15.0. The Bertz CT molecular complexity index is 745. The molecule has 1 unspecified atom stereocenters. The first-order valence-electron chi connectivity index (χ1n) is 9.15. The van der Waals surface area contributed by atoms with Crippen molar-refractivity contribution in [2.75, 3.05) is 32.8 Å². The number of nitrogens with zero attached hydrogens (tertiary/aromatic N) is 1. The minimum atomic E-state index is -7.99. The molecule has 34 heavy (non-hydrogen) atoms. The van der Waals surface area contributed by atoms with E-state index >= 15 is 0 Å². The van der Waals surface area contributed by atoms with E-state index in [2.05, 4.69) is 11.3 Å². The largest absolute Gasteiger partial charge is 0.460 e. The van der Waals surface area contributed by atoms with Crippen molar-refractivity contribution in [2.24, 2.45) is 0 Å². The van der Waals surface area contributed by atoms with Crippen LogP contribution in [0.15, 0.2) is 12.2 Å². The molecular weight excluding hydrogens is 513 g/mol. The fraction of sp³-hybridized carbons (Fsp3) is 0.824. The molecule has 0 aromatic heterocycles. The lowest BCUT2D eigenvalue weighted by molar-refractivity contribution is -0.440. The van der Waals surface area contributed by atoms with Gasteiger partial charge in [-0.3, -0.25) is 4.90 Å². The highest BCUT2D eigenvalue weighted by molar-refractivity contribution is 5.87. The highest BCUT2D eigenvalue weighted by atomic mass is 19.4. The van der Waals surface area contributed by atoms with Gasteiger partial charge >= 0.3 is 41.8 Å². The number of carbonyl (C=O) groups is 1. The molecule has 0 spiro atoms. The van der Waals surface area contributed by atoms with E-state index in [1.807, 2.05) is 0 Å². The molecule has 4 nitrogen and oxygen atoms in total. The third kappa shape index (κ3) is 5.54. The number of rotatable bonds is 10. The molecule has 0 bridgehead atoms. The van der Waals surface area contributed by atoms with Crippen LogP contribution in [0.2, 0.25) is 0 Å². The molecule has 0 radical (unpaired) electrons. The number of morpholine rings is 1. The normalized spacial score (nSPS) is 18.5. The third-order valence-corrected chi connectivity index (χ3v) is 4.67. The summed E-state index contributed by atoms with van der Waals surface area (Å²) in [7, 11) is 0. The summed E-state index contributed by atoms with van der Waals surface area (Å²) in [6.07, 6.45) is -12.5. The molecule has 0 aromatic carbocycles. The van der Waals surface area contributed by atoms with Crippen LogP contribution < -0.4 is 0 Å². The maximum absolute atomic E-state index is 14.2. The van der Waals surface area contributed by atoms with Gasteiger partial charge in [-0.1, -0.05) is 6.58 Å². The van der Waals surface area contributed by atoms with Crippen LogP contribution in [0.1, 0.15) is 13.3 Å². The van der Waals surface area contributed by atoms with E-state index in [1.165, 1.54) is 4.90 Å². The SMILES string of the molecule is C=C(C)C(=O)OC(CN1CCOCC1)CC(F)(F)C(F)(F)C(F)(F)C(F)(F)C(F)(F)C(F)(F)F. The summed E-state index contributed by atoms with van der Waals surface area (Å²) in [4.78, 5) is 12.8. The van der Waals surface area contributed by atoms with Gasteiger partial charge in [0.05, 0.1) is 19.6 Å². The summed E-state index contributed by atoms with van der Waals surface area (Å²) in [5.41, 5.74) is -0.469. The van der Waals surface area contributed by atoms with Crippen LogP contribution in [0.5, 0.6) is 0 Å². The van der Waals surface area contributed by atoms with E-state index in [9.17, 15) is 61.9 Å². The molecule has 200 valence electrons. The summed E-state index contributed by atoms with van der Waals surface area (Å²) < 4.78 is 182. The topological polar surface area (TPSA) is 38.8 Å². The van der Waals surface area contributed by atoms with Crippen molar-refractivity contribution in [2.45, 2.75) is 55.2 Å². The molecular formula is C17H18F13NO3. The monoisotopic (exact) mass is 531 g/mol. The average Bonchev–Trinajstić information content (AvgIpc) is 2.66. The summed E-state index contributed by atoms with van der Waals surface area (Å²) in [6, 6.07) is 0. The number of alkyl halides is 13. The average molecular weight is 531 g/mol. The van der Waals surface area contributed by atoms with Gasteiger partial charge in [0.1, 0.15) is 6.10 Å². The van der Waals surface area contributed by atoms with E-state index < -0.39 is 66.4 Å². The lowest BCUT2D eigenvalue weighted by Gasteiger charge is -2.40. The van der Waals surface area contributed by atoms with E-state index in [0.29, 0.717) is 0 Å². The number of hydrogen-bond acceptors (Lipinski definition) is 4. The lowest BCUT2D eigenvalue weighted by atomic mass is 9.91. The molecule has 1 rings (SSSR count). The predicted octanol–water partition coefficient (Wildman–Crippen LogP) is 4.94. The molecule has 0 saturated carbocycles. The quantitative estimate of drug-likeness (QED) is 0.228. The smallest absolute Gasteiger partial charge is 0.457 e. The van der Waals surface area contributed by atoms with Gasteiger partial charge in [0.15, 0.2) is 0 Å². The van der Waals surface area contributed by atoms with Gasteiger partial charge < -0.3 is 9.47 Å². The molecule has 1 saturated heterocycles. The first kappa shape index (κ1) is 30.3. The molecule has 0 amide bonds. The molecule has 1 atom stereocenters. The Labute approximate surface area is 183 Å². The number of esters is 1. The van der Waals surface area contributed by atoms with Crippen LogP contribution >= 0.6 is 0 Å². The molecule has 1 heterocycles. The van der Waals surface area contributed by atoms with Crippen LogP contribution in [0, 0.1) is 0 Å². The van der Waals surface area contributed by atoms with Crippen molar-refractivity contribution in [3.8, 4) is 0 Å². The van der Waals surface area contributed by atoms with Crippen LogP contribution in [0.3, 0.4) is 0 Å². The highest BCUT2D eigenvalue weighted by Gasteiger charge is 2.90. The van der Waals surface area contributed by atoms with Crippen molar-refractivity contribution in [3.63, 3.8) is 0 Å². The predicted molar refractivity (Wildman–Crippen MR) is 87.4 cm³/mol. The standard InChI is InChI=1S/C17H18F13NO3/c1-9(2)11(32)34-10(8-31-3-5-33-6-4-31)7-12(18,19)13(20,21)14(22,23)15(24,25)16(26,27)17(28,29)30/h10H,1,3-8H2,2H3. The van der Waals surface area contributed by atoms with Crippen LogP contribution in [0.4, 0.5) is 57.1 Å². The van der Waals surface area contributed by atoms with Crippen LogP contribution in [-0.2, 0) is 14.3 Å². The van der Waals surface area contributed by atoms with E-state index in [1.54, 1.807) is 0 Å². The Kier molecular flexibility index (Phi) is 8.63. The molecule has 0 N–H and O–H groups in total. The summed E-state index contributed by atoms with van der Waals surface area (Å²) in [6.45, 7) is 3.10. The van der Waals surface area contributed by atoms with Gasteiger partial charge in [-0.25, -0.2) is 4.79 Å². The van der Waals surface area contributed by atoms with Gasteiger partial charge in [0.25, 0.3) is 0 Å². The fourth-order valence-electron chi connectivity index (χ4n) is 2.68. The maximum Gasteiger partial charge on any atom is 0.460 e. The van der Waals surface area contributed by atoms with Gasteiger partial charge in [-0.15, -0.1) is 0 Å². The fourth-order valence-corrected chi connectivity index (χ4v) is 2.68. The molecule has 1 aliphatic rings. The van der Waals surface area contributed by atoms with E-state index in [4.69, 9.17) is 4.74 Å². The zero-order valence-electron chi connectivity index (χ0n) is 17.1. The van der Waals surface area contributed by atoms with Crippen LogP contribution in [0.25, 0.3) is 0 Å². The Morgan fingerprint density at radius 1 is 0.853 bits per heavy atom. The zero-order chi connectivity index (χ0) is 27.0. The zero-order valence-corrected chi connectivity index (χ0v) is 17.1. The number of hydrogen-bond donors (Lipinski definition) is 0. The summed E-state index contributed by atoms with van der Waals surface area (Å²) in [5, 5.41) is 0. The Morgan fingerprint density at radius 3 is 1.71 bits per heavy atom. The molecule has 0 aromatic rings. The molecule has 0 aliphatic carbocycles. The van der Waals surface area contributed by atoms with E-state index in [-0.39, 0.29) is 26.3 Å². The Morgan fingerprint density at radius 2 is 1.29 bits per heavy atom. The van der Waals surface area contributed by atoms with Crippen molar-refractivity contribution in [3.05, 3.63) is 12.2 Å². The molecule has 1 fully saturated rings. The minimum Gasteiger partial charge on any atom is -0.457 e. The minimum absolute atomic E-state index is 0.00940. The lowest BCUT2D eigenvalue weighted by Crippen LogP contribution is -2.70. The Balaban J connectivity index is 3.33. The number of halogens is 13. The van der Waals surface area contributed by atoms with Crippen molar-refractivity contribution in [1.82, 2.24) is 4.90 Å². The maximum atomic E-state index is 14.2. The highest BCUT2D eigenvalue weighted by Crippen LogP contribution is 2.60. The second kappa shape index (κ2) is 9.70. The van der Waals surface area contributed by atoms with Gasteiger partial charge in [0, 0.05) is 25.2 Å². The van der Waals surface area contributed by atoms with Gasteiger partial charge in [-0.2, -0.15) is 57.1 Å². The van der Waals surface area contributed by atoms with Gasteiger partial charge in [-0.05, 0) is 6.92 Å². The molecule has 17 heteroatoms. The number of carbonyl (C=O) groups excluding carboxylic acids is 1. The number of ether oxygens (including phenoxy) is 2. The van der Waals surface area contributed by atoms with Crippen molar-refractivity contribution in [1.29, 1.82) is 0 Å².